The van der Waals surface area contributed by atoms with E-state index >= 15 is 0 Å². The molecular weight excluding hydrogens is 342 g/mol. The van der Waals surface area contributed by atoms with E-state index in [0.29, 0.717) is 16.6 Å². The maximum absolute atomic E-state index is 11.7. The average molecular weight is 368 g/mol. The number of piperidine rings is 1. The second kappa shape index (κ2) is 9.23. The first kappa shape index (κ1) is 19.0. The SMILES string of the molecule is CCCCC(=O)NC(=S)Nc1ccc(N2CCC(C)CC2)c(Cl)c1. The van der Waals surface area contributed by atoms with Crippen molar-refractivity contribution in [2.45, 2.75) is 46.0 Å². The quantitative estimate of drug-likeness (QED) is 0.747. The van der Waals surface area contributed by atoms with Crippen LogP contribution in [0.1, 0.15) is 46.0 Å². The van der Waals surface area contributed by atoms with Crippen LogP contribution in [0.4, 0.5) is 11.4 Å². The van der Waals surface area contributed by atoms with E-state index in [9.17, 15) is 4.79 Å². The molecule has 0 spiro atoms. The molecule has 1 aliphatic rings. The summed E-state index contributed by atoms with van der Waals surface area (Å²) in [5, 5.41) is 6.73. The summed E-state index contributed by atoms with van der Waals surface area (Å²) >= 11 is 11.6. The van der Waals surface area contributed by atoms with Crippen molar-refractivity contribution in [3.05, 3.63) is 23.2 Å². The molecule has 132 valence electrons. The van der Waals surface area contributed by atoms with Crippen LogP contribution in [0.15, 0.2) is 18.2 Å². The van der Waals surface area contributed by atoms with Crippen LogP contribution in [-0.2, 0) is 4.79 Å². The normalized spacial score (nSPS) is 15.2. The Kier molecular flexibility index (Phi) is 7.31. The molecule has 0 bridgehead atoms. The monoisotopic (exact) mass is 367 g/mol. The van der Waals surface area contributed by atoms with Crippen LogP contribution >= 0.6 is 23.8 Å². The summed E-state index contributed by atoms with van der Waals surface area (Å²) in [5.74, 6) is 0.731. The van der Waals surface area contributed by atoms with E-state index in [1.807, 2.05) is 18.2 Å². The Morgan fingerprint density at radius 2 is 2.08 bits per heavy atom. The minimum absolute atomic E-state index is 0.0560. The lowest BCUT2D eigenvalue weighted by Gasteiger charge is -2.32. The number of carbonyl (C=O) groups is 1. The van der Waals surface area contributed by atoms with Gasteiger partial charge in [0.15, 0.2) is 5.11 Å². The van der Waals surface area contributed by atoms with Crippen LogP contribution in [0.25, 0.3) is 0 Å². The van der Waals surface area contributed by atoms with Crippen molar-refractivity contribution in [2.75, 3.05) is 23.3 Å². The first-order valence-corrected chi connectivity index (χ1v) is 9.43. The summed E-state index contributed by atoms with van der Waals surface area (Å²) in [6.45, 7) is 6.43. The van der Waals surface area contributed by atoms with Gasteiger partial charge in [0, 0.05) is 25.2 Å². The van der Waals surface area contributed by atoms with Gasteiger partial charge in [-0.05, 0) is 55.6 Å². The Morgan fingerprint density at radius 1 is 1.38 bits per heavy atom. The molecule has 6 heteroatoms. The van der Waals surface area contributed by atoms with Crippen LogP contribution in [0.5, 0.6) is 0 Å². The van der Waals surface area contributed by atoms with E-state index < -0.39 is 0 Å². The van der Waals surface area contributed by atoms with Crippen molar-refractivity contribution in [1.29, 1.82) is 0 Å². The topological polar surface area (TPSA) is 44.4 Å². The van der Waals surface area contributed by atoms with E-state index in [1.54, 1.807) is 0 Å². The van der Waals surface area contributed by atoms with Gasteiger partial charge in [0.1, 0.15) is 0 Å². The van der Waals surface area contributed by atoms with Gasteiger partial charge in [-0.1, -0.05) is 31.9 Å². The molecule has 0 atom stereocenters. The minimum Gasteiger partial charge on any atom is -0.370 e. The second-order valence-corrected chi connectivity index (χ2v) is 7.26. The van der Waals surface area contributed by atoms with Gasteiger partial charge in [0.2, 0.25) is 5.91 Å². The van der Waals surface area contributed by atoms with E-state index in [1.165, 1.54) is 12.8 Å². The molecule has 0 radical (unpaired) electrons. The molecule has 0 unspecified atom stereocenters. The van der Waals surface area contributed by atoms with E-state index in [2.05, 4.69) is 29.4 Å². The lowest BCUT2D eigenvalue weighted by Crippen LogP contribution is -2.34. The molecule has 1 aromatic rings. The predicted molar refractivity (Wildman–Crippen MR) is 106 cm³/mol. The second-order valence-electron chi connectivity index (χ2n) is 6.44. The Bertz CT molecular complexity index is 586. The third-order valence-electron chi connectivity index (χ3n) is 4.34. The van der Waals surface area contributed by atoms with Crippen molar-refractivity contribution in [2.24, 2.45) is 5.92 Å². The lowest BCUT2D eigenvalue weighted by molar-refractivity contribution is -0.119. The maximum Gasteiger partial charge on any atom is 0.226 e. The van der Waals surface area contributed by atoms with Gasteiger partial charge in [-0.25, -0.2) is 0 Å². The highest BCUT2D eigenvalue weighted by Gasteiger charge is 2.18. The Labute approximate surface area is 154 Å². The molecule has 1 heterocycles. The number of carbonyl (C=O) groups excluding carboxylic acids is 1. The Hall–Kier alpha value is -1.33. The van der Waals surface area contributed by atoms with Gasteiger partial charge < -0.3 is 15.5 Å². The van der Waals surface area contributed by atoms with E-state index in [-0.39, 0.29) is 5.91 Å². The minimum atomic E-state index is -0.0560. The molecule has 2 N–H and O–H groups in total. The van der Waals surface area contributed by atoms with Crippen LogP contribution < -0.4 is 15.5 Å². The molecule has 1 amide bonds. The fourth-order valence-electron chi connectivity index (χ4n) is 2.78. The number of nitrogens with one attached hydrogen (secondary N) is 2. The fraction of sp³-hybridized carbons (Fsp3) is 0.556. The number of hydrogen-bond acceptors (Lipinski definition) is 3. The number of benzene rings is 1. The largest absolute Gasteiger partial charge is 0.370 e. The summed E-state index contributed by atoms with van der Waals surface area (Å²) in [6.07, 6.45) is 4.74. The molecular formula is C18H26ClN3OS. The highest BCUT2D eigenvalue weighted by Crippen LogP contribution is 2.31. The number of nitrogens with zero attached hydrogens (tertiary/aromatic N) is 1. The molecule has 1 fully saturated rings. The number of amides is 1. The molecule has 1 aliphatic heterocycles. The lowest BCUT2D eigenvalue weighted by atomic mass is 9.99. The van der Waals surface area contributed by atoms with Crippen LogP contribution in [0.2, 0.25) is 5.02 Å². The predicted octanol–water partition coefficient (Wildman–Crippen LogP) is 4.58. The first-order valence-electron chi connectivity index (χ1n) is 8.65. The van der Waals surface area contributed by atoms with Gasteiger partial charge in [-0.2, -0.15) is 0 Å². The van der Waals surface area contributed by atoms with Crippen molar-refractivity contribution in [3.8, 4) is 0 Å². The molecule has 0 saturated carbocycles. The highest BCUT2D eigenvalue weighted by atomic mass is 35.5. The summed E-state index contributed by atoms with van der Waals surface area (Å²) in [4.78, 5) is 14.0. The van der Waals surface area contributed by atoms with Crippen molar-refractivity contribution in [1.82, 2.24) is 5.32 Å². The summed E-state index contributed by atoms with van der Waals surface area (Å²) in [7, 11) is 0. The molecule has 0 aliphatic carbocycles. The van der Waals surface area contributed by atoms with Crippen LogP contribution in [-0.4, -0.2) is 24.1 Å². The number of unbranched alkanes of at least 4 members (excludes halogenated alkanes) is 1. The van der Waals surface area contributed by atoms with Crippen molar-refractivity contribution < 1.29 is 4.79 Å². The molecule has 1 saturated heterocycles. The average Bonchev–Trinajstić information content (AvgIpc) is 2.54. The number of thiocarbonyl (C=S) groups is 1. The smallest absolute Gasteiger partial charge is 0.226 e. The number of anilines is 2. The van der Waals surface area contributed by atoms with Crippen molar-refractivity contribution >= 4 is 46.2 Å². The van der Waals surface area contributed by atoms with Crippen LogP contribution in [0.3, 0.4) is 0 Å². The van der Waals surface area contributed by atoms with Gasteiger partial charge in [-0.15, -0.1) is 0 Å². The molecule has 4 nitrogen and oxygen atoms in total. The molecule has 24 heavy (non-hydrogen) atoms. The van der Waals surface area contributed by atoms with Gasteiger partial charge in [0.25, 0.3) is 0 Å². The summed E-state index contributed by atoms with van der Waals surface area (Å²) < 4.78 is 0. The summed E-state index contributed by atoms with van der Waals surface area (Å²) in [5.41, 5.74) is 1.85. The zero-order valence-corrected chi connectivity index (χ0v) is 16.0. The Morgan fingerprint density at radius 3 is 2.71 bits per heavy atom. The fourth-order valence-corrected chi connectivity index (χ4v) is 3.31. The van der Waals surface area contributed by atoms with Crippen LogP contribution in [0, 0.1) is 5.92 Å². The number of hydrogen-bond donors (Lipinski definition) is 2. The number of halogens is 1. The van der Waals surface area contributed by atoms with Gasteiger partial charge in [0.05, 0.1) is 10.7 Å². The maximum atomic E-state index is 11.7. The summed E-state index contributed by atoms with van der Waals surface area (Å²) in [6, 6.07) is 5.82. The molecule has 0 aromatic heterocycles. The van der Waals surface area contributed by atoms with E-state index in [4.69, 9.17) is 23.8 Å². The first-order chi connectivity index (χ1) is 11.5. The highest BCUT2D eigenvalue weighted by molar-refractivity contribution is 7.80. The third kappa shape index (κ3) is 5.64. The zero-order chi connectivity index (χ0) is 17.5. The number of rotatable bonds is 5. The zero-order valence-electron chi connectivity index (χ0n) is 14.4. The molecule has 1 aromatic carbocycles. The third-order valence-corrected chi connectivity index (χ3v) is 4.85. The van der Waals surface area contributed by atoms with Gasteiger partial charge >= 0.3 is 0 Å². The Balaban J connectivity index is 1.92. The van der Waals surface area contributed by atoms with Gasteiger partial charge in [-0.3, -0.25) is 4.79 Å². The van der Waals surface area contributed by atoms with E-state index in [0.717, 1.165) is 43.2 Å². The van der Waals surface area contributed by atoms with Crippen molar-refractivity contribution in [3.63, 3.8) is 0 Å². The molecule has 2 rings (SSSR count). The standard InChI is InChI=1S/C18H26ClN3OS/c1-3-4-5-17(23)21-18(24)20-14-6-7-16(15(19)12-14)22-10-8-13(2)9-11-22/h6-7,12-13H,3-5,8-11H2,1-2H3,(H2,20,21,23,24).